The summed E-state index contributed by atoms with van der Waals surface area (Å²) in [5, 5.41) is 3.59. The van der Waals surface area contributed by atoms with Crippen LogP contribution < -0.4 is 14.8 Å². The Morgan fingerprint density at radius 2 is 1.86 bits per heavy atom. The maximum absolute atomic E-state index is 12.0. The molecule has 0 saturated heterocycles. The van der Waals surface area contributed by atoms with Crippen molar-refractivity contribution in [2.75, 3.05) is 38.3 Å². The van der Waals surface area contributed by atoms with Crippen molar-refractivity contribution in [3.63, 3.8) is 0 Å². The van der Waals surface area contributed by atoms with Crippen LogP contribution in [0.1, 0.15) is 24.2 Å². The molecule has 0 aliphatic heterocycles. The highest BCUT2D eigenvalue weighted by Crippen LogP contribution is 2.28. The van der Waals surface area contributed by atoms with Crippen LogP contribution in [0.5, 0.6) is 11.5 Å². The first-order valence-corrected chi connectivity index (χ1v) is 8.16. The number of nitrogens with one attached hydrogen (secondary N) is 1. The Bertz CT molecular complexity index is 440. The average Bonchev–Trinajstić information content (AvgIpc) is 2.49. The highest BCUT2D eigenvalue weighted by molar-refractivity contribution is 9.09. The lowest BCUT2D eigenvalue weighted by molar-refractivity contribution is 0.0923. The maximum atomic E-state index is 12.0. The number of hydrogen-bond donors (Lipinski definition) is 1. The fourth-order valence-corrected chi connectivity index (χ4v) is 1.92. The molecule has 5 nitrogen and oxygen atoms in total. The quantitative estimate of drug-likeness (QED) is 0.515. The molecule has 1 aromatic rings. The first-order chi connectivity index (χ1) is 10.2. The predicted octanol–water partition coefficient (Wildman–Crippen LogP) is 2.63. The zero-order valence-electron chi connectivity index (χ0n) is 12.5. The minimum atomic E-state index is -0.151. The van der Waals surface area contributed by atoms with Crippen LogP contribution in [-0.2, 0) is 4.74 Å². The van der Waals surface area contributed by atoms with Crippen molar-refractivity contribution < 1.29 is 19.0 Å². The summed E-state index contributed by atoms with van der Waals surface area (Å²) in [6.45, 7) is 6.47. The van der Waals surface area contributed by atoms with Crippen molar-refractivity contribution in [2.24, 2.45) is 0 Å². The topological polar surface area (TPSA) is 56.8 Å². The molecule has 0 fully saturated rings. The van der Waals surface area contributed by atoms with E-state index in [9.17, 15) is 4.79 Å². The normalized spacial score (nSPS) is 10.2. The van der Waals surface area contributed by atoms with Crippen molar-refractivity contribution in [3.05, 3.63) is 23.8 Å². The zero-order valence-corrected chi connectivity index (χ0v) is 14.1. The molecule has 1 aromatic carbocycles. The van der Waals surface area contributed by atoms with E-state index >= 15 is 0 Å². The molecule has 0 bridgehead atoms. The third-order valence-electron chi connectivity index (χ3n) is 2.56. The first kappa shape index (κ1) is 17.8. The van der Waals surface area contributed by atoms with Gasteiger partial charge in [0.2, 0.25) is 0 Å². The molecular weight excluding hydrogens is 338 g/mol. The van der Waals surface area contributed by atoms with Gasteiger partial charge in [0.1, 0.15) is 0 Å². The Hall–Kier alpha value is -1.27. The largest absolute Gasteiger partial charge is 0.490 e. The van der Waals surface area contributed by atoms with Crippen LogP contribution in [-0.4, -0.2) is 44.2 Å². The van der Waals surface area contributed by atoms with Crippen LogP contribution in [0.25, 0.3) is 0 Å². The van der Waals surface area contributed by atoms with Crippen molar-refractivity contribution in [1.29, 1.82) is 0 Å². The summed E-state index contributed by atoms with van der Waals surface area (Å²) in [7, 11) is 0. The number of halogens is 1. The van der Waals surface area contributed by atoms with Gasteiger partial charge in [-0.05, 0) is 32.0 Å². The number of hydrogen-bond acceptors (Lipinski definition) is 4. The number of carbonyl (C=O) groups is 1. The zero-order chi connectivity index (χ0) is 15.5. The fourth-order valence-electron chi connectivity index (χ4n) is 1.69. The number of rotatable bonds is 10. The van der Waals surface area contributed by atoms with Crippen molar-refractivity contribution in [1.82, 2.24) is 5.32 Å². The van der Waals surface area contributed by atoms with Gasteiger partial charge in [0, 0.05) is 17.4 Å². The second kappa shape index (κ2) is 10.5. The lowest BCUT2D eigenvalue weighted by Gasteiger charge is -2.12. The van der Waals surface area contributed by atoms with E-state index in [1.807, 2.05) is 13.8 Å². The Kier molecular flexibility index (Phi) is 8.85. The monoisotopic (exact) mass is 359 g/mol. The van der Waals surface area contributed by atoms with E-state index in [2.05, 4.69) is 21.2 Å². The van der Waals surface area contributed by atoms with E-state index in [4.69, 9.17) is 14.2 Å². The van der Waals surface area contributed by atoms with Gasteiger partial charge in [0.15, 0.2) is 11.5 Å². The highest BCUT2D eigenvalue weighted by Gasteiger charge is 2.11. The molecule has 0 unspecified atom stereocenters. The summed E-state index contributed by atoms with van der Waals surface area (Å²) in [6.07, 6.45) is 0. The average molecular weight is 360 g/mol. The summed E-state index contributed by atoms with van der Waals surface area (Å²) in [6, 6.07) is 5.18. The summed E-state index contributed by atoms with van der Waals surface area (Å²) < 4.78 is 16.2. The standard InChI is InChI=1S/C15H22BrNO4/c1-3-20-13-6-5-12(11-14(13)21-4-2)15(18)17-8-10-19-9-7-16/h5-6,11H,3-4,7-10H2,1-2H3,(H,17,18). The summed E-state index contributed by atoms with van der Waals surface area (Å²) >= 11 is 3.27. The summed E-state index contributed by atoms with van der Waals surface area (Å²) in [5.41, 5.74) is 0.544. The minimum absolute atomic E-state index is 0.151. The van der Waals surface area contributed by atoms with Crippen LogP contribution in [0.3, 0.4) is 0 Å². The smallest absolute Gasteiger partial charge is 0.251 e. The second-order valence-corrected chi connectivity index (χ2v) is 4.88. The summed E-state index contributed by atoms with van der Waals surface area (Å²) in [5.74, 6) is 1.08. The number of amides is 1. The van der Waals surface area contributed by atoms with Crippen molar-refractivity contribution in [3.8, 4) is 11.5 Å². The van der Waals surface area contributed by atoms with E-state index < -0.39 is 0 Å². The van der Waals surface area contributed by atoms with Gasteiger partial charge in [-0.25, -0.2) is 0 Å². The lowest BCUT2D eigenvalue weighted by Crippen LogP contribution is -2.27. The maximum Gasteiger partial charge on any atom is 0.251 e. The van der Waals surface area contributed by atoms with Crippen LogP contribution in [0.2, 0.25) is 0 Å². The Morgan fingerprint density at radius 3 is 2.52 bits per heavy atom. The van der Waals surface area contributed by atoms with Crippen LogP contribution in [0.15, 0.2) is 18.2 Å². The summed E-state index contributed by atoms with van der Waals surface area (Å²) in [4.78, 5) is 12.0. The van der Waals surface area contributed by atoms with Crippen molar-refractivity contribution in [2.45, 2.75) is 13.8 Å². The van der Waals surface area contributed by atoms with Gasteiger partial charge in [0.25, 0.3) is 5.91 Å². The third-order valence-corrected chi connectivity index (χ3v) is 2.88. The number of benzene rings is 1. The molecule has 21 heavy (non-hydrogen) atoms. The molecule has 0 saturated carbocycles. The van der Waals surface area contributed by atoms with Crippen LogP contribution >= 0.6 is 15.9 Å². The predicted molar refractivity (Wildman–Crippen MR) is 85.7 cm³/mol. The van der Waals surface area contributed by atoms with Crippen molar-refractivity contribution >= 4 is 21.8 Å². The second-order valence-electron chi connectivity index (χ2n) is 4.08. The van der Waals surface area contributed by atoms with Gasteiger partial charge in [-0.3, -0.25) is 4.79 Å². The molecule has 0 spiro atoms. The van der Waals surface area contributed by atoms with Gasteiger partial charge < -0.3 is 19.5 Å². The van der Waals surface area contributed by atoms with E-state index in [0.717, 1.165) is 5.33 Å². The molecule has 0 atom stereocenters. The van der Waals surface area contributed by atoms with Crippen LogP contribution in [0, 0.1) is 0 Å². The molecule has 6 heteroatoms. The number of carbonyl (C=O) groups excluding carboxylic acids is 1. The molecule has 0 aromatic heterocycles. The van der Waals surface area contributed by atoms with E-state index in [0.29, 0.717) is 50.0 Å². The van der Waals surface area contributed by atoms with Gasteiger partial charge in [-0.2, -0.15) is 0 Å². The third kappa shape index (κ3) is 6.35. The number of ether oxygens (including phenoxy) is 3. The SMILES string of the molecule is CCOc1ccc(C(=O)NCCOCCBr)cc1OCC. The molecule has 0 radical (unpaired) electrons. The Labute approximate surface area is 134 Å². The molecule has 118 valence electrons. The molecular formula is C15H22BrNO4. The van der Waals surface area contributed by atoms with E-state index in [-0.39, 0.29) is 5.91 Å². The van der Waals surface area contributed by atoms with E-state index in [1.165, 1.54) is 0 Å². The Morgan fingerprint density at radius 1 is 1.14 bits per heavy atom. The minimum Gasteiger partial charge on any atom is -0.490 e. The Balaban J connectivity index is 2.60. The lowest BCUT2D eigenvalue weighted by atomic mass is 10.2. The van der Waals surface area contributed by atoms with Gasteiger partial charge >= 0.3 is 0 Å². The van der Waals surface area contributed by atoms with Gasteiger partial charge in [-0.1, -0.05) is 15.9 Å². The van der Waals surface area contributed by atoms with Gasteiger partial charge in [0.05, 0.1) is 26.4 Å². The highest BCUT2D eigenvalue weighted by atomic mass is 79.9. The molecule has 1 amide bonds. The van der Waals surface area contributed by atoms with Gasteiger partial charge in [-0.15, -0.1) is 0 Å². The first-order valence-electron chi connectivity index (χ1n) is 7.04. The molecule has 0 heterocycles. The molecule has 1 rings (SSSR count). The molecule has 0 aliphatic carbocycles. The fraction of sp³-hybridized carbons (Fsp3) is 0.533. The number of alkyl halides is 1. The van der Waals surface area contributed by atoms with E-state index in [1.54, 1.807) is 18.2 Å². The van der Waals surface area contributed by atoms with Crippen LogP contribution in [0.4, 0.5) is 0 Å². The molecule has 1 N–H and O–H groups in total. The molecule has 0 aliphatic rings.